The second-order valence-electron chi connectivity index (χ2n) is 5.60. The van der Waals surface area contributed by atoms with Gasteiger partial charge in [-0.05, 0) is 25.0 Å². The lowest BCUT2D eigenvalue weighted by Crippen LogP contribution is -2.18. The Hall–Kier alpha value is -2.02. The number of rotatable bonds is 2. The molecule has 0 unspecified atom stereocenters. The summed E-state index contributed by atoms with van der Waals surface area (Å²) in [5, 5.41) is 33.7. The number of phenolic OH excluding ortho intramolecular Hbond substituents is 3. The topological polar surface area (TPSA) is 90.9 Å². The maximum atomic E-state index is 9.62. The van der Waals surface area contributed by atoms with E-state index in [1.54, 1.807) is 4.68 Å². The van der Waals surface area contributed by atoms with E-state index in [-0.39, 0.29) is 11.5 Å². The predicted octanol–water partition coefficient (Wildman–Crippen LogP) is 2.50. The maximum absolute atomic E-state index is 9.62. The second-order valence-corrected chi connectivity index (χ2v) is 6.55. The van der Waals surface area contributed by atoms with Gasteiger partial charge in [-0.25, -0.2) is 4.68 Å². The fraction of sp³-hybridized carbons (Fsp3) is 0.467. The van der Waals surface area contributed by atoms with Gasteiger partial charge >= 0.3 is 0 Å². The zero-order valence-electron chi connectivity index (χ0n) is 12.4. The number of benzene rings is 1. The Morgan fingerprint density at radius 1 is 1.14 bits per heavy atom. The van der Waals surface area contributed by atoms with Crippen LogP contribution in [-0.2, 0) is 7.05 Å². The van der Waals surface area contributed by atoms with E-state index in [1.807, 2.05) is 7.05 Å². The van der Waals surface area contributed by atoms with Gasteiger partial charge in [-0.3, -0.25) is 4.99 Å². The molecule has 2 aromatic rings. The lowest BCUT2D eigenvalue weighted by molar-refractivity contribution is 0.368. The third-order valence-corrected chi connectivity index (χ3v) is 4.95. The van der Waals surface area contributed by atoms with Crippen molar-refractivity contribution in [2.45, 2.75) is 38.1 Å². The maximum Gasteiger partial charge on any atom is 0.203 e. The molecule has 0 bridgehead atoms. The number of aromatic hydroxyl groups is 3. The van der Waals surface area contributed by atoms with E-state index in [0.717, 1.165) is 17.6 Å². The summed E-state index contributed by atoms with van der Waals surface area (Å²) in [7, 11) is 1.84. The van der Waals surface area contributed by atoms with E-state index in [2.05, 4.69) is 5.10 Å². The third-order valence-electron chi connectivity index (χ3n) is 3.89. The third kappa shape index (κ3) is 2.94. The summed E-state index contributed by atoms with van der Waals surface area (Å²) in [6, 6.07) is 3.13. The molecule has 3 rings (SSSR count). The first-order valence-electron chi connectivity index (χ1n) is 7.38. The molecule has 1 aliphatic rings. The highest BCUT2D eigenvalue weighted by Crippen LogP contribution is 2.38. The molecule has 1 fully saturated rings. The number of phenols is 3. The quantitative estimate of drug-likeness (QED) is 0.741. The van der Waals surface area contributed by atoms with Crippen molar-refractivity contribution < 1.29 is 15.3 Å². The van der Waals surface area contributed by atoms with Gasteiger partial charge in [0, 0.05) is 12.6 Å². The van der Waals surface area contributed by atoms with Crippen LogP contribution in [0.25, 0.3) is 10.6 Å². The summed E-state index contributed by atoms with van der Waals surface area (Å²) in [5.41, 5.74) is 0.554. The zero-order valence-corrected chi connectivity index (χ0v) is 13.2. The van der Waals surface area contributed by atoms with Gasteiger partial charge in [0.25, 0.3) is 0 Å². The Kier molecular flexibility index (Phi) is 4.06. The van der Waals surface area contributed by atoms with Gasteiger partial charge in [0.15, 0.2) is 17.2 Å². The number of hydrogen-bond donors (Lipinski definition) is 3. The predicted molar refractivity (Wildman–Crippen MR) is 84.0 cm³/mol. The van der Waals surface area contributed by atoms with Crippen LogP contribution in [0.4, 0.5) is 0 Å². The van der Waals surface area contributed by atoms with Crippen LogP contribution in [-0.4, -0.2) is 31.1 Å². The van der Waals surface area contributed by atoms with Gasteiger partial charge in [0.05, 0.1) is 6.04 Å². The zero-order chi connectivity index (χ0) is 15.7. The molecule has 118 valence electrons. The van der Waals surface area contributed by atoms with E-state index in [4.69, 9.17) is 4.99 Å². The molecule has 1 heterocycles. The number of hydrogen-bond acceptors (Lipinski definition) is 6. The number of aryl methyl sites for hydroxylation is 1. The van der Waals surface area contributed by atoms with Crippen molar-refractivity contribution in [3.05, 3.63) is 16.9 Å². The van der Waals surface area contributed by atoms with Gasteiger partial charge in [-0.1, -0.05) is 30.6 Å². The van der Waals surface area contributed by atoms with Crippen LogP contribution in [0.1, 0.15) is 32.1 Å². The monoisotopic (exact) mass is 321 g/mol. The van der Waals surface area contributed by atoms with E-state index < -0.39 is 5.75 Å². The van der Waals surface area contributed by atoms with Crippen molar-refractivity contribution in [2.24, 2.45) is 12.0 Å². The molecule has 1 aromatic carbocycles. The van der Waals surface area contributed by atoms with Gasteiger partial charge in [-0.2, -0.15) is 5.10 Å². The van der Waals surface area contributed by atoms with Crippen molar-refractivity contribution in [2.75, 3.05) is 0 Å². The van der Waals surface area contributed by atoms with Crippen LogP contribution in [0.15, 0.2) is 17.1 Å². The lowest BCUT2D eigenvalue weighted by Gasteiger charge is -2.16. The second kappa shape index (κ2) is 6.00. The molecule has 3 N–H and O–H groups in total. The van der Waals surface area contributed by atoms with Crippen molar-refractivity contribution >= 4 is 11.3 Å². The van der Waals surface area contributed by atoms with Gasteiger partial charge in [0.1, 0.15) is 5.01 Å². The molecular weight excluding hydrogens is 302 g/mol. The fourth-order valence-electron chi connectivity index (χ4n) is 2.67. The minimum absolute atomic E-state index is 0.356. The molecule has 1 saturated carbocycles. The van der Waals surface area contributed by atoms with Crippen molar-refractivity contribution in [3.63, 3.8) is 0 Å². The molecule has 22 heavy (non-hydrogen) atoms. The van der Waals surface area contributed by atoms with E-state index in [9.17, 15) is 15.3 Å². The molecule has 0 spiro atoms. The fourth-order valence-corrected chi connectivity index (χ4v) is 3.62. The smallest absolute Gasteiger partial charge is 0.203 e. The van der Waals surface area contributed by atoms with Gasteiger partial charge in [-0.15, -0.1) is 0 Å². The van der Waals surface area contributed by atoms with E-state index in [0.29, 0.717) is 16.6 Å². The average molecular weight is 321 g/mol. The molecule has 0 radical (unpaired) electrons. The summed E-state index contributed by atoms with van der Waals surface area (Å²) >= 11 is 1.41. The largest absolute Gasteiger partial charge is 0.504 e. The standard InChI is InChI=1S/C15H19N3O3S/c1-18-15(16-10-5-3-2-4-6-10)22-14(17-18)9-7-11(19)13(21)12(20)8-9/h7-8,10,19-21H,2-6H2,1H3. The highest BCUT2D eigenvalue weighted by atomic mass is 32.1. The Bertz CT molecular complexity index is 722. The van der Waals surface area contributed by atoms with E-state index in [1.165, 1.54) is 42.7 Å². The highest BCUT2D eigenvalue weighted by molar-refractivity contribution is 7.12. The van der Waals surface area contributed by atoms with Crippen LogP contribution in [0, 0.1) is 0 Å². The molecule has 7 heteroatoms. The van der Waals surface area contributed by atoms with Crippen LogP contribution in [0.2, 0.25) is 0 Å². The van der Waals surface area contributed by atoms with E-state index >= 15 is 0 Å². The Labute approximate surface area is 132 Å². The van der Waals surface area contributed by atoms with Crippen LogP contribution in [0.3, 0.4) is 0 Å². The van der Waals surface area contributed by atoms with Crippen molar-refractivity contribution in [1.82, 2.24) is 9.78 Å². The van der Waals surface area contributed by atoms with Crippen LogP contribution >= 0.6 is 11.3 Å². The van der Waals surface area contributed by atoms with Crippen molar-refractivity contribution in [3.8, 4) is 27.8 Å². The first-order valence-corrected chi connectivity index (χ1v) is 8.19. The minimum atomic E-state index is -0.517. The molecule has 1 aliphatic carbocycles. The molecular formula is C15H19N3O3S. The Morgan fingerprint density at radius 3 is 2.41 bits per heavy atom. The summed E-state index contributed by atoms with van der Waals surface area (Å²) < 4.78 is 1.72. The summed E-state index contributed by atoms with van der Waals surface area (Å²) in [6.07, 6.45) is 5.98. The van der Waals surface area contributed by atoms with Crippen LogP contribution < -0.4 is 4.80 Å². The lowest BCUT2D eigenvalue weighted by atomic mass is 9.96. The molecule has 0 aliphatic heterocycles. The van der Waals surface area contributed by atoms with Crippen molar-refractivity contribution in [1.29, 1.82) is 0 Å². The molecule has 0 atom stereocenters. The molecule has 0 amide bonds. The normalized spacial score (nSPS) is 17.0. The Balaban J connectivity index is 1.96. The van der Waals surface area contributed by atoms with Gasteiger partial charge < -0.3 is 15.3 Å². The molecule has 6 nitrogen and oxygen atoms in total. The molecule has 0 saturated heterocycles. The summed E-state index contributed by atoms with van der Waals surface area (Å²) in [4.78, 5) is 5.60. The summed E-state index contributed by atoms with van der Waals surface area (Å²) in [6.45, 7) is 0. The average Bonchev–Trinajstić information content (AvgIpc) is 2.86. The van der Waals surface area contributed by atoms with Crippen LogP contribution in [0.5, 0.6) is 17.2 Å². The van der Waals surface area contributed by atoms with Gasteiger partial charge in [0.2, 0.25) is 4.80 Å². The first kappa shape index (κ1) is 14.9. The highest BCUT2D eigenvalue weighted by Gasteiger charge is 2.15. The SMILES string of the molecule is Cn1nc(-c2cc(O)c(O)c(O)c2)sc1=NC1CCCCC1. The minimum Gasteiger partial charge on any atom is -0.504 e. The number of nitrogens with zero attached hydrogens (tertiary/aromatic N) is 3. The molecule has 1 aromatic heterocycles. The first-order chi connectivity index (χ1) is 10.5. The number of aromatic nitrogens is 2. The summed E-state index contributed by atoms with van der Waals surface area (Å²) in [5.74, 6) is -1.24. The Morgan fingerprint density at radius 2 is 1.77 bits per heavy atom.